The molecule has 1 heterocycles. The zero-order valence-electron chi connectivity index (χ0n) is 14.2. The normalized spacial score (nSPS) is 23.8. The van der Waals surface area contributed by atoms with E-state index in [0.717, 1.165) is 17.3 Å². The topological polar surface area (TPSA) is 59.8 Å². The Labute approximate surface area is 147 Å². The summed E-state index contributed by atoms with van der Waals surface area (Å²) in [6, 6.07) is 10.2. The van der Waals surface area contributed by atoms with Gasteiger partial charge in [0, 0.05) is 11.7 Å². The lowest BCUT2D eigenvalue weighted by atomic mass is 9.78. The number of para-hydroxylation sites is 1. The van der Waals surface area contributed by atoms with Crippen molar-refractivity contribution in [3.63, 3.8) is 0 Å². The lowest BCUT2D eigenvalue weighted by molar-refractivity contribution is -0.120. The van der Waals surface area contributed by atoms with Gasteiger partial charge in [0.1, 0.15) is 6.33 Å². The van der Waals surface area contributed by atoms with E-state index in [0.29, 0.717) is 23.6 Å². The number of thioether (sulfide) groups is 1. The number of rotatable bonds is 5. The Morgan fingerprint density at radius 1 is 1.29 bits per heavy atom. The van der Waals surface area contributed by atoms with E-state index in [1.54, 1.807) is 6.33 Å². The molecule has 3 atom stereocenters. The molecule has 0 unspecified atom stereocenters. The molecule has 0 aliphatic heterocycles. The lowest BCUT2D eigenvalue weighted by Gasteiger charge is -2.34. The number of hydrogen-bond acceptors (Lipinski definition) is 4. The van der Waals surface area contributed by atoms with Gasteiger partial charge in [0.25, 0.3) is 0 Å². The van der Waals surface area contributed by atoms with Crippen LogP contribution in [0.1, 0.15) is 33.1 Å². The quantitative estimate of drug-likeness (QED) is 0.846. The SMILES string of the molecule is C[C@H]1[C@H](C)CCC[C@H]1NC(=O)CSc1nncn1-c1ccccc1. The second-order valence-corrected chi connectivity index (χ2v) is 7.49. The summed E-state index contributed by atoms with van der Waals surface area (Å²) in [7, 11) is 0. The Morgan fingerprint density at radius 3 is 2.88 bits per heavy atom. The van der Waals surface area contributed by atoms with Crippen LogP contribution in [0.5, 0.6) is 0 Å². The van der Waals surface area contributed by atoms with Crippen LogP contribution in [-0.4, -0.2) is 32.5 Å². The third kappa shape index (κ3) is 3.98. The van der Waals surface area contributed by atoms with Gasteiger partial charge < -0.3 is 5.32 Å². The number of aromatic nitrogens is 3. The van der Waals surface area contributed by atoms with Crippen LogP contribution in [0.3, 0.4) is 0 Å². The van der Waals surface area contributed by atoms with Gasteiger partial charge in [-0.2, -0.15) is 0 Å². The van der Waals surface area contributed by atoms with Crippen molar-refractivity contribution in [1.82, 2.24) is 20.1 Å². The maximum absolute atomic E-state index is 12.3. The third-order valence-electron chi connectivity index (χ3n) is 4.94. The summed E-state index contributed by atoms with van der Waals surface area (Å²) in [5, 5.41) is 12.0. The molecular weight excluding hydrogens is 320 g/mol. The summed E-state index contributed by atoms with van der Waals surface area (Å²) in [5.41, 5.74) is 1.00. The van der Waals surface area contributed by atoms with Crippen LogP contribution >= 0.6 is 11.8 Å². The zero-order valence-corrected chi connectivity index (χ0v) is 15.0. The second-order valence-electron chi connectivity index (χ2n) is 6.55. The molecule has 0 bridgehead atoms. The van der Waals surface area contributed by atoms with Gasteiger partial charge in [-0.05, 0) is 30.4 Å². The minimum absolute atomic E-state index is 0.0774. The smallest absolute Gasteiger partial charge is 0.230 e. The Balaban J connectivity index is 1.57. The number of nitrogens with one attached hydrogen (secondary N) is 1. The maximum atomic E-state index is 12.3. The minimum atomic E-state index is 0.0774. The summed E-state index contributed by atoms with van der Waals surface area (Å²) >= 11 is 1.42. The van der Waals surface area contributed by atoms with E-state index in [2.05, 4.69) is 29.4 Å². The standard InChI is InChI=1S/C18H24N4OS/c1-13-7-6-10-16(14(13)2)20-17(23)11-24-18-21-19-12-22(18)15-8-4-3-5-9-15/h3-5,8-9,12-14,16H,6-7,10-11H2,1-2H3,(H,20,23)/t13-,14+,16-/m1/s1. The van der Waals surface area contributed by atoms with Gasteiger partial charge in [-0.25, -0.2) is 0 Å². The molecule has 1 N–H and O–H groups in total. The van der Waals surface area contributed by atoms with Crippen LogP contribution in [-0.2, 0) is 4.79 Å². The van der Waals surface area contributed by atoms with E-state index in [9.17, 15) is 4.79 Å². The first-order valence-electron chi connectivity index (χ1n) is 8.52. The third-order valence-corrected chi connectivity index (χ3v) is 5.88. The minimum Gasteiger partial charge on any atom is -0.352 e. The summed E-state index contributed by atoms with van der Waals surface area (Å²) in [6.07, 6.45) is 5.23. The molecule has 128 valence electrons. The predicted molar refractivity (Wildman–Crippen MR) is 96.2 cm³/mol. The predicted octanol–water partition coefficient (Wildman–Crippen LogP) is 3.30. The van der Waals surface area contributed by atoms with E-state index < -0.39 is 0 Å². The monoisotopic (exact) mass is 344 g/mol. The van der Waals surface area contributed by atoms with Crippen molar-refractivity contribution in [2.45, 2.75) is 44.3 Å². The Kier molecular flexibility index (Phi) is 5.56. The highest BCUT2D eigenvalue weighted by Crippen LogP contribution is 2.29. The molecule has 0 radical (unpaired) electrons. The van der Waals surface area contributed by atoms with E-state index in [-0.39, 0.29) is 5.91 Å². The van der Waals surface area contributed by atoms with Gasteiger partial charge in [-0.1, -0.05) is 56.7 Å². The van der Waals surface area contributed by atoms with Crippen molar-refractivity contribution >= 4 is 17.7 Å². The second kappa shape index (κ2) is 7.83. The highest BCUT2D eigenvalue weighted by atomic mass is 32.2. The van der Waals surface area contributed by atoms with E-state index in [4.69, 9.17) is 0 Å². The summed E-state index contributed by atoms with van der Waals surface area (Å²) in [5.74, 6) is 1.66. The number of carbonyl (C=O) groups excluding carboxylic acids is 1. The molecule has 1 amide bonds. The average molecular weight is 344 g/mol. The molecule has 1 aliphatic rings. The first kappa shape index (κ1) is 17.0. The Hall–Kier alpha value is -1.82. The maximum Gasteiger partial charge on any atom is 0.230 e. The van der Waals surface area contributed by atoms with E-state index in [1.165, 1.54) is 24.6 Å². The van der Waals surface area contributed by atoms with Crippen LogP contribution in [0.15, 0.2) is 41.8 Å². The molecule has 1 aliphatic carbocycles. The number of carbonyl (C=O) groups is 1. The lowest BCUT2D eigenvalue weighted by Crippen LogP contribution is -2.44. The number of hydrogen-bond donors (Lipinski definition) is 1. The molecule has 0 spiro atoms. The molecule has 1 aromatic carbocycles. The van der Waals surface area contributed by atoms with Gasteiger partial charge in [0.15, 0.2) is 5.16 Å². The van der Waals surface area contributed by atoms with Crippen LogP contribution in [0.25, 0.3) is 5.69 Å². The van der Waals surface area contributed by atoms with Crippen molar-refractivity contribution in [2.75, 3.05) is 5.75 Å². The summed E-state index contributed by atoms with van der Waals surface area (Å²) < 4.78 is 1.91. The van der Waals surface area contributed by atoms with Gasteiger partial charge in [0.05, 0.1) is 5.75 Å². The number of nitrogens with zero attached hydrogens (tertiary/aromatic N) is 3. The number of benzene rings is 1. The summed E-state index contributed by atoms with van der Waals surface area (Å²) in [6.45, 7) is 4.52. The molecule has 3 rings (SSSR count). The van der Waals surface area contributed by atoms with Gasteiger partial charge in [0.2, 0.25) is 5.91 Å². The molecule has 5 nitrogen and oxygen atoms in total. The van der Waals surface area contributed by atoms with Crippen LogP contribution in [0.2, 0.25) is 0 Å². The van der Waals surface area contributed by atoms with Crippen molar-refractivity contribution in [3.05, 3.63) is 36.7 Å². The molecular formula is C18H24N4OS. The van der Waals surface area contributed by atoms with Gasteiger partial charge >= 0.3 is 0 Å². The van der Waals surface area contributed by atoms with Gasteiger partial charge in [-0.3, -0.25) is 9.36 Å². The molecule has 0 saturated heterocycles. The average Bonchev–Trinajstić information content (AvgIpc) is 3.06. The largest absolute Gasteiger partial charge is 0.352 e. The Bertz CT molecular complexity index is 673. The molecule has 1 fully saturated rings. The van der Waals surface area contributed by atoms with E-state index in [1.807, 2.05) is 34.9 Å². The number of amides is 1. The molecule has 1 saturated carbocycles. The fraction of sp³-hybridized carbons (Fsp3) is 0.500. The van der Waals surface area contributed by atoms with E-state index >= 15 is 0 Å². The van der Waals surface area contributed by atoms with Crippen molar-refractivity contribution < 1.29 is 4.79 Å². The Morgan fingerprint density at radius 2 is 2.08 bits per heavy atom. The molecule has 6 heteroatoms. The van der Waals surface area contributed by atoms with Crippen molar-refractivity contribution in [3.8, 4) is 5.69 Å². The first-order chi connectivity index (χ1) is 11.6. The highest BCUT2D eigenvalue weighted by Gasteiger charge is 2.28. The van der Waals surface area contributed by atoms with Crippen LogP contribution in [0.4, 0.5) is 0 Å². The first-order valence-corrected chi connectivity index (χ1v) is 9.51. The highest BCUT2D eigenvalue weighted by molar-refractivity contribution is 7.99. The molecule has 2 aromatic rings. The molecule has 1 aromatic heterocycles. The summed E-state index contributed by atoms with van der Waals surface area (Å²) in [4.78, 5) is 12.3. The fourth-order valence-corrected chi connectivity index (χ4v) is 3.99. The zero-order chi connectivity index (χ0) is 16.9. The van der Waals surface area contributed by atoms with Gasteiger partial charge in [-0.15, -0.1) is 10.2 Å². The van der Waals surface area contributed by atoms with Crippen LogP contribution < -0.4 is 5.32 Å². The fourth-order valence-electron chi connectivity index (χ4n) is 3.25. The van der Waals surface area contributed by atoms with Crippen molar-refractivity contribution in [1.29, 1.82) is 0 Å². The van der Waals surface area contributed by atoms with Crippen molar-refractivity contribution in [2.24, 2.45) is 11.8 Å². The molecule has 24 heavy (non-hydrogen) atoms. The van der Waals surface area contributed by atoms with Crippen LogP contribution in [0, 0.1) is 11.8 Å².